The van der Waals surface area contributed by atoms with E-state index in [9.17, 15) is 4.21 Å². The molecule has 0 radical (unpaired) electrons. The molecule has 0 spiro atoms. The molecule has 2 nitrogen and oxygen atoms in total. The molecule has 3 heteroatoms. The number of hydrogen-bond donors (Lipinski definition) is 0. The van der Waals surface area contributed by atoms with E-state index in [0.717, 1.165) is 37.6 Å². The zero-order valence-electron chi connectivity index (χ0n) is 11.0. The van der Waals surface area contributed by atoms with Gasteiger partial charge in [-0.2, -0.15) is 0 Å². The number of hydrogen-bond acceptors (Lipinski definition) is 2. The highest BCUT2D eigenvalue weighted by molar-refractivity contribution is 7.84. The highest BCUT2D eigenvalue weighted by atomic mass is 32.2. The Morgan fingerprint density at radius 2 is 1.50 bits per heavy atom. The molecule has 1 atom stereocenters. The average Bonchev–Trinajstić information content (AvgIpc) is 2.29. The third-order valence-corrected chi connectivity index (χ3v) is 4.08. The molecule has 0 aliphatic carbocycles. The van der Waals surface area contributed by atoms with Gasteiger partial charge in [0.25, 0.3) is 0 Å². The fraction of sp³-hybridized carbons (Fsp3) is 1.00. The largest absolute Gasteiger partial charge is 0.382 e. The van der Waals surface area contributed by atoms with E-state index in [2.05, 4.69) is 6.92 Å². The van der Waals surface area contributed by atoms with Crippen molar-refractivity contribution in [1.82, 2.24) is 0 Å². The second-order valence-electron chi connectivity index (χ2n) is 4.17. The highest BCUT2D eigenvalue weighted by Gasteiger charge is 1.99. The summed E-state index contributed by atoms with van der Waals surface area (Å²) in [5.74, 6) is 1.70. The molecule has 16 heavy (non-hydrogen) atoms. The van der Waals surface area contributed by atoms with E-state index >= 15 is 0 Å². The van der Waals surface area contributed by atoms with E-state index in [1.165, 1.54) is 32.1 Å². The number of ether oxygens (including phenoxy) is 1. The topological polar surface area (TPSA) is 26.3 Å². The van der Waals surface area contributed by atoms with Crippen LogP contribution in [0.1, 0.15) is 58.8 Å². The Kier molecular flexibility index (Phi) is 13.3. The van der Waals surface area contributed by atoms with E-state index in [1.54, 1.807) is 0 Å². The third kappa shape index (κ3) is 12.2. The number of unbranched alkanes of at least 4 members (excludes halogenated alkanes) is 5. The van der Waals surface area contributed by atoms with Crippen molar-refractivity contribution in [2.75, 3.05) is 24.7 Å². The summed E-state index contributed by atoms with van der Waals surface area (Å²) in [5, 5.41) is 0. The predicted molar refractivity (Wildman–Crippen MR) is 72.4 cm³/mol. The van der Waals surface area contributed by atoms with Crippen LogP contribution >= 0.6 is 0 Å². The Balaban J connectivity index is 3.11. The lowest BCUT2D eigenvalue weighted by molar-refractivity contribution is 0.149. The van der Waals surface area contributed by atoms with Crippen molar-refractivity contribution in [2.45, 2.75) is 58.8 Å². The normalized spacial score (nSPS) is 12.9. The first kappa shape index (κ1) is 16.1. The lowest BCUT2D eigenvalue weighted by Gasteiger charge is -2.03. The third-order valence-electron chi connectivity index (χ3n) is 2.59. The summed E-state index contributed by atoms with van der Waals surface area (Å²) in [6.07, 6.45) is 8.61. The first-order valence-electron chi connectivity index (χ1n) is 6.74. The molecule has 1 unspecified atom stereocenters. The molecule has 0 fully saturated rings. The van der Waals surface area contributed by atoms with Gasteiger partial charge in [0.1, 0.15) is 0 Å². The number of rotatable bonds is 12. The van der Waals surface area contributed by atoms with Crippen molar-refractivity contribution < 1.29 is 8.95 Å². The Hall–Kier alpha value is 0.110. The molecule has 0 aliphatic heterocycles. The molecule has 0 saturated carbocycles. The van der Waals surface area contributed by atoms with E-state index < -0.39 is 10.8 Å². The minimum Gasteiger partial charge on any atom is -0.382 e. The molecule has 0 bridgehead atoms. The molecule has 98 valence electrons. The van der Waals surface area contributed by atoms with Crippen LogP contribution in [0.3, 0.4) is 0 Å². The van der Waals surface area contributed by atoms with Gasteiger partial charge in [0.05, 0.1) is 0 Å². The Morgan fingerprint density at radius 1 is 0.875 bits per heavy atom. The second-order valence-corrected chi connectivity index (χ2v) is 5.86. The first-order valence-corrected chi connectivity index (χ1v) is 8.22. The van der Waals surface area contributed by atoms with Crippen LogP contribution in [-0.2, 0) is 15.5 Å². The molecule has 0 saturated heterocycles. The van der Waals surface area contributed by atoms with Gasteiger partial charge in [-0.05, 0) is 19.8 Å². The molecule has 0 N–H and O–H groups in total. The maximum atomic E-state index is 11.6. The van der Waals surface area contributed by atoms with Crippen molar-refractivity contribution >= 4 is 10.8 Å². The molecule has 0 rings (SSSR count). The van der Waals surface area contributed by atoms with Gasteiger partial charge < -0.3 is 4.74 Å². The van der Waals surface area contributed by atoms with Crippen molar-refractivity contribution in [2.24, 2.45) is 0 Å². The molecule has 0 aliphatic rings. The van der Waals surface area contributed by atoms with E-state index in [0.29, 0.717) is 0 Å². The standard InChI is InChI=1S/C13H28O2S/c1-3-5-6-7-8-9-12-16(14)13-10-11-15-4-2/h3-13H2,1-2H3. The summed E-state index contributed by atoms with van der Waals surface area (Å²) in [4.78, 5) is 0. The predicted octanol–water partition coefficient (Wildman–Crippen LogP) is 3.52. The van der Waals surface area contributed by atoms with Crippen LogP contribution in [-0.4, -0.2) is 28.9 Å². The molecule has 0 aromatic rings. The van der Waals surface area contributed by atoms with Crippen molar-refractivity contribution in [3.8, 4) is 0 Å². The fourth-order valence-electron chi connectivity index (χ4n) is 1.61. The second kappa shape index (κ2) is 13.2. The monoisotopic (exact) mass is 248 g/mol. The van der Waals surface area contributed by atoms with Crippen LogP contribution in [0.15, 0.2) is 0 Å². The Bertz CT molecular complexity index is 160. The zero-order valence-corrected chi connectivity index (χ0v) is 11.8. The van der Waals surface area contributed by atoms with Gasteiger partial charge in [0.2, 0.25) is 0 Å². The molecule has 0 aromatic carbocycles. The molecule has 0 heterocycles. The molecular formula is C13H28O2S. The van der Waals surface area contributed by atoms with Crippen LogP contribution in [0.2, 0.25) is 0 Å². The SMILES string of the molecule is CCCCCCCCS(=O)CCCOCC. The van der Waals surface area contributed by atoms with Crippen LogP contribution in [0.5, 0.6) is 0 Å². The van der Waals surface area contributed by atoms with Crippen molar-refractivity contribution in [1.29, 1.82) is 0 Å². The lowest BCUT2D eigenvalue weighted by Crippen LogP contribution is -2.06. The Morgan fingerprint density at radius 3 is 2.19 bits per heavy atom. The zero-order chi connectivity index (χ0) is 12.1. The molecule has 0 amide bonds. The minimum absolute atomic E-state index is 0.611. The maximum Gasteiger partial charge on any atom is 0.0474 e. The van der Waals surface area contributed by atoms with Gasteiger partial charge in [-0.15, -0.1) is 0 Å². The minimum atomic E-state index is -0.611. The summed E-state index contributed by atoms with van der Waals surface area (Å²) in [6, 6.07) is 0. The fourth-order valence-corrected chi connectivity index (χ4v) is 2.78. The van der Waals surface area contributed by atoms with Gasteiger partial charge >= 0.3 is 0 Å². The highest BCUT2D eigenvalue weighted by Crippen LogP contribution is 2.05. The van der Waals surface area contributed by atoms with Crippen LogP contribution in [0.25, 0.3) is 0 Å². The quantitative estimate of drug-likeness (QED) is 0.494. The van der Waals surface area contributed by atoms with Gasteiger partial charge in [0.15, 0.2) is 0 Å². The summed E-state index contributed by atoms with van der Waals surface area (Å²) >= 11 is 0. The Labute approximate surface area is 104 Å². The summed E-state index contributed by atoms with van der Waals surface area (Å²) in [6.45, 7) is 5.75. The molecular weight excluding hydrogens is 220 g/mol. The van der Waals surface area contributed by atoms with E-state index in [-0.39, 0.29) is 0 Å². The first-order chi connectivity index (χ1) is 7.81. The van der Waals surface area contributed by atoms with E-state index in [4.69, 9.17) is 4.74 Å². The van der Waals surface area contributed by atoms with E-state index in [1.807, 2.05) is 6.92 Å². The van der Waals surface area contributed by atoms with Gasteiger partial charge in [-0.25, -0.2) is 0 Å². The molecule has 0 aromatic heterocycles. The van der Waals surface area contributed by atoms with Gasteiger partial charge in [0, 0.05) is 35.5 Å². The van der Waals surface area contributed by atoms with Crippen LogP contribution < -0.4 is 0 Å². The van der Waals surface area contributed by atoms with Crippen LogP contribution in [0.4, 0.5) is 0 Å². The summed E-state index contributed by atoms with van der Waals surface area (Å²) in [5.41, 5.74) is 0. The lowest BCUT2D eigenvalue weighted by atomic mass is 10.1. The van der Waals surface area contributed by atoms with Gasteiger partial charge in [-0.1, -0.05) is 39.0 Å². The van der Waals surface area contributed by atoms with Crippen LogP contribution in [0, 0.1) is 0 Å². The summed E-state index contributed by atoms with van der Waals surface area (Å²) in [7, 11) is -0.611. The van der Waals surface area contributed by atoms with Gasteiger partial charge in [-0.3, -0.25) is 4.21 Å². The van der Waals surface area contributed by atoms with Crippen molar-refractivity contribution in [3.05, 3.63) is 0 Å². The maximum absolute atomic E-state index is 11.6. The smallest absolute Gasteiger partial charge is 0.0474 e. The summed E-state index contributed by atoms with van der Waals surface area (Å²) < 4.78 is 16.8. The average molecular weight is 248 g/mol. The van der Waals surface area contributed by atoms with Crippen molar-refractivity contribution in [3.63, 3.8) is 0 Å².